The van der Waals surface area contributed by atoms with Crippen LogP contribution in [0, 0.1) is 0 Å². The largest absolute Gasteiger partial charge is 2.00 e. The monoisotopic (exact) mass is 415 g/mol. The second-order valence-corrected chi connectivity index (χ2v) is 5.98. The summed E-state index contributed by atoms with van der Waals surface area (Å²) in [7, 11) is -3.14. The van der Waals surface area contributed by atoms with Crippen LogP contribution < -0.4 is 4.74 Å². The molecule has 0 fully saturated rings. The van der Waals surface area contributed by atoms with Crippen LogP contribution in [-0.2, 0) is 10.4 Å². The van der Waals surface area contributed by atoms with Crippen LogP contribution in [0.5, 0.6) is 5.75 Å². The van der Waals surface area contributed by atoms with Crippen LogP contribution in [0.3, 0.4) is 0 Å². The van der Waals surface area contributed by atoms with Gasteiger partial charge < -0.3 is 34.8 Å². The van der Waals surface area contributed by atoms with Crippen LogP contribution in [0.1, 0.15) is 24.0 Å². The Balaban J connectivity index is 0. The molecule has 0 bridgehead atoms. The first-order chi connectivity index (χ1) is 10.8. The van der Waals surface area contributed by atoms with Gasteiger partial charge in [-0.1, -0.05) is 12.1 Å². The third-order valence-corrected chi connectivity index (χ3v) is 3.42. The van der Waals surface area contributed by atoms with E-state index in [2.05, 4.69) is 29.4 Å². The van der Waals surface area contributed by atoms with Gasteiger partial charge in [-0.05, 0) is 30.5 Å². The number of benzene rings is 1. The minimum Gasteiger partial charge on any atom is -0.759 e. The molecule has 3 rings (SSSR count). The fourth-order valence-electron chi connectivity index (χ4n) is 2.57. The van der Waals surface area contributed by atoms with Gasteiger partial charge in [-0.3, -0.25) is 8.42 Å². The maximum absolute atomic E-state index is 8.98. The Morgan fingerprint density at radius 2 is 1.88 bits per heavy atom. The van der Waals surface area contributed by atoms with E-state index in [-0.39, 0.29) is 61.4 Å². The normalized spacial score (nSPS) is 16.2. The van der Waals surface area contributed by atoms with Gasteiger partial charge in [0.05, 0.1) is 0 Å². The minimum atomic E-state index is -5.17. The first kappa shape index (κ1) is 27.5. The Kier molecular flexibility index (Phi) is 12.6. The number of hydrogen-bond donors (Lipinski definition) is 1. The zero-order valence-corrected chi connectivity index (χ0v) is 17.2. The molecule has 1 unspecified atom stereocenters. The summed E-state index contributed by atoms with van der Waals surface area (Å²) < 4.78 is 40.1. The van der Waals surface area contributed by atoms with Crippen molar-refractivity contribution in [1.82, 2.24) is 4.90 Å². The standard InChI is InChI=1S/C15H17NO2.Ca.H2O4S.2H2O/c1-16-8-7-11-4-2-5-14-15(11)12(10-16)13(18-14)6-3-9-17;;1-5(2,3)4;;/h2,4-5,7-8,10,13,17H,3,6,9H2,1H3;;(H2,1,2,3,4);2*1H2/q;+2;;;/p-2. The van der Waals surface area contributed by atoms with Crippen LogP contribution in [-0.4, -0.2) is 96.0 Å². The Morgan fingerprint density at radius 3 is 2.46 bits per heavy atom. The molecule has 1 aromatic carbocycles. The fourth-order valence-corrected chi connectivity index (χ4v) is 2.57. The third kappa shape index (κ3) is 7.91. The number of aliphatic hydroxyl groups is 1. The van der Waals surface area contributed by atoms with E-state index in [4.69, 9.17) is 27.4 Å². The van der Waals surface area contributed by atoms with E-state index in [1.54, 1.807) is 0 Å². The molecular weight excluding hydrogens is 394 g/mol. The van der Waals surface area contributed by atoms with Crippen LogP contribution in [0.25, 0.3) is 11.6 Å². The maximum Gasteiger partial charge on any atom is 2.00 e. The van der Waals surface area contributed by atoms with Crippen molar-refractivity contribution in [2.45, 2.75) is 18.9 Å². The Labute approximate surface area is 182 Å². The average Bonchev–Trinajstić information content (AvgIpc) is 2.69. The molecular formula is C15H21CaNO8S. The predicted octanol–water partition coefficient (Wildman–Crippen LogP) is -0.891. The summed E-state index contributed by atoms with van der Waals surface area (Å²) in [6, 6.07) is 6.15. The van der Waals surface area contributed by atoms with Gasteiger partial charge in [0.2, 0.25) is 0 Å². The van der Waals surface area contributed by atoms with E-state index in [0.717, 1.165) is 18.6 Å². The molecule has 0 saturated heterocycles. The van der Waals surface area contributed by atoms with Gasteiger partial charge >= 0.3 is 37.7 Å². The summed E-state index contributed by atoms with van der Waals surface area (Å²) >= 11 is 0. The Bertz CT molecular complexity index is 727. The average molecular weight is 415 g/mol. The number of aliphatic hydroxyl groups excluding tert-OH is 1. The molecule has 0 saturated carbocycles. The summed E-state index contributed by atoms with van der Waals surface area (Å²) in [6.45, 7) is 0.213. The molecule has 9 nitrogen and oxygen atoms in total. The molecule has 0 aromatic heterocycles. The molecule has 142 valence electrons. The van der Waals surface area contributed by atoms with Gasteiger partial charge in [-0.25, -0.2) is 0 Å². The van der Waals surface area contributed by atoms with Crippen LogP contribution in [0.2, 0.25) is 0 Å². The van der Waals surface area contributed by atoms with Gasteiger partial charge in [0.25, 0.3) is 0 Å². The van der Waals surface area contributed by atoms with Crippen molar-refractivity contribution in [1.29, 1.82) is 0 Å². The van der Waals surface area contributed by atoms with Crippen molar-refractivity contribution in [2.75, 3.05) is 13.7 Å². The number of hydrogen-bond acceptors (Lipinski definition) is 7. The fraction of sp³-hybridized carbons (Fsp3) is 0.333. The maximum atomic E-state index is 8.98. The van der Waals surface area contributed by atoms with Crippen molar-refractivity contribution in [3.63, 3.8) is 0 Å². The molecule has 0 spiro atoms. The van der Waals surface area contributed by atoms with E-state index in [1.807, 2.05) is 19.2 Å². The zero-order valence-electron chi connectivity index (χ0n) is 14.2. The van der Waals surface area contributed by atoms with Crippen LogP contribution in [0.15, 0.2) is 30.6 Å². The molecule has 26 heavy (non-hydrogen) atoms. The first-order valence-electron chi connectivity index (χ1n) is 6.99. The minimum absolute atomic E-state index is 0. The van der Waals surface area contributed by atoms with Gasteiger partial charge in [0.1, 0.15) is 11.9 Å². The summed E-state index contributed by atoms with van der Waals surface area (Å²) in [6.07, 6.45) is 7.98. The van der Waals surface area contributed by atoms with Gasteiger partial charge in [-0.2, -0.15) is 0 Å². The second-order valence-electron chi connectivity index (χ2n) is 5.17. The van der Waals surface area contributed by atoms with E-state index < -0.39 is 10.4 Å². The Hall–Kier alpha value is -0.690. The van der Waals surface area contributed by atoms with Gasteiger partial charge in [-0.15, -0.1) is 0 Å². The first-order valence-corrected chi connectivity index (χ1v) is 8.32. The smallest absolute Gasteiger partial charge is 0.759 e. The molecule has 2 aliphatic heterocycles. The molecule has 2 aliphatic rings. The van der Waals surface area contributed by atoms with E-state index in [0.29, 0.717) is 0 Å². The molecule has 1 atom stereocenters. The molecule has 5 N–H and O–H groups in total. The number of nitrogens with zero attached hydrogens (tertiary/aromatic N) is 1. The number of rotatable bonds is 3. The van der Waals surface area contributed by atoms with Crippen LogP contribution >= 0.6 is 0 Å². The van der Waals surface area contributed by atoms with Crippen molar-refractivity contribution in [2.24, 2.45) is 0 Å². The van der Waals surface area contributed by atoms with E-state index >= 15 is 0 Å². The predicted molar refractivity (Wildman–Crippen MR) is 95.4 cm³/mol. The van der Waals surface area contributed by atoms with E-state index in [1.165, 1.54) is 16.7 Å². The van der Waals surface area contributed by atoms with Crippen molar-refractivity contribution in [3.8, 4) is 5.75 Å². The second kappa shape index (κ2) is 11.9. The SMILES string of the molecule is CN1C=Cc2cccc3c2C(=C1)C(CCCO)O3.O.O.O=S(=O)([O-])[O-].[Ca+2]. The zero-order chi connectivity index (χ0) is 17.0. The molecule has 11 heteroatoms. The Morgan fingerprint density at radius 1 is 1.27 bits per heavy atom. The molecule has 0 radical (unpaired) electrons. The quantitative estimate of drug-likeness (QED) is 0.378. The molecule has 0 aliphatic carbocycles. The van der Waals surface area contributed by atoms with Crippen molar-refractivity contribution < 1.29 is 38.3 Å². The van der Waals surface area contributed by atoms with Crippen LogP contribution in [0.4, 0.5) is 0 Å². The van der Waals surface area contributed by atoms with Crippen molar-refractivity contribution in [3.05, 3.63) is 41.7 Å². The number of ether oxygens (including phenoxy) is 1. The summed E-state index contributed by atoms with van der Waals surface area (Å²) in [4.78, 5) is 2.06. The van der Waals surface area contributed by atoms with Gasteiger partial charge in [0.15, 0.2) is 0 Å². The summed E-state index contributed by atoms with van der Waals surface area (Å²) in [5, 5.41) is 8.98. The molecule has 1 aromatic rings. The van der Waals surface area contributed by atoms with E-state index in [9.17, 15) is 0 Å². The van der Waals surface area contributed by atoms with Crippen molar-refractivity contribution >= 4 is 59.8 Å². The molecule has 2 heterocycles. The molecule has 0 amide bonds. The third-order valence-electron chi connectivity index (χ3n) is 3.42. The summed E-state index contributed by atoms with van der Waals surface area (Å²) in [5.41, 5.74) is 3.64. The summed E-state index contributed by atoms with van der Waals surface area (Å²) in [5.74, 6) is 0.960. The topological polar surface area (TPSA) is 176 Å². The van der Waals surface area contributed by atoms with Gasteiger partial charge in [0, 0.05) is 47.6 Å².